The van der Waals surface area contributed by atoms with E-state index in [2.05, 4.69) is 43.9 Å². The van der Waals surface area contributed by atoms with E-state index < -0.39 is 0 Å². The summed E-state index contributed by atoms with van der Waals surface area (Å²) in [5.41, 5.74) is 3.92. The summed E-state index contributed by atoms with van der Waals surface area (Å²) in [5, 5.41) is 10.9. The number of rotatable bonds is 6. The van der Waals surface area contributed by atoms with Crippen LogP contribution in [-0.4, -0.2) is 29.6 Å². The van der Waals surface area contributed by atoms with Gasteiger partial charge in [0.05, 0.1) is 6.10 Å². The molecule has 0 aliphatic heterocycles. The van der Waals surface area contributed by atoms with Gasteiger partial charge < -0.3 is 10.0 Å². The van der Waals surface area contributed by atoms with Gasteiger partial charge in [-0.3, -0.25) is 0 Å². The van der Waals surface area contributed by atoms with Crippen LogP contribution in [0.2, 0.25) is 0 Å². The van der Waals surface area contributed by atoms with Crippen LogP contribution < -0.4 is 0 Å². The maximum Gasteiger partial charge on any atom is 0.0821 e. The van der Waals surface area contributed by atoms with Crippen molar-refractivity contribution in [2.24, 2.45) is 5.92 Å². The fraction of sp³-hybridized carbons (Fsp3) is 0.684. The molecule has 2 heteroatoms. The average molecular weight is 289 g/mol. The maximum absolute atomic E-state index is 10.9. The van der Waals surface area contributed by atoms with E-state index in [9.17, 15) is 5.11 Å². The van der Waals surface area contributed by atoms with Gasteiger partial charge in [0.15, 0.2) is 0 Å². The highest BCUT2D eigenvalue weighted by Gasteiger charge is 2.26. The van der Waals surface area contributed by atoms with Crippen LogP contribution in [0.3, 0.4) is 0 Å². The predicted octanol–water partition coefficient (Wildman–Crippen LogP) is 3.97. The third-order valence-electron chi connectivity index (χ3n) is 5.12. The van der Waals surface area contributed by atoms with Crippen molar-refractivity contribution in [1.29, 1.82) is 0 Å². The molecule has 2 nitrogen and oxygen atoms in total. The van der Waals surface area contributed by atoms with Crippen LogP contribution in [0.4, 0.5) is 0 Å². The number of benzene rings is 1. The Kier molecular flexibility index (Phi) is 6.25. The number of aliphatic hydroxyl groups excluding tert-OH is 1. The van der Waals surface area contributed by atoms with Crippen molar-refractivity contribution in [2.45, 2.75) is 59.0 Å². The fourth-order valence-corrected chi connectivity index (χ4v) is 3.52. The van der Waals surface area contributed by atoms with Crippen LogP contribution >= 0.6 is 0 Å². The standard InChI is InChI=1S/C19H31NO/c1-4-15-10-11-16-8-7-9-17(19(21)18(16)14-15)12-13-20(5-2)6-3/h10-11,14,17,19,21H,4-9,12-13H2,1-3H3. The lowest BCUT2D eigenvalue weighted by Crippen LogP contribution is -2.27. The van der Waals surface area contributed by atoms with Crippen molar-refractivity contribution in [2.75, 3.05) is 19.6 Å². The normalized spacial score (nSPS) is 22.1. The first kappa shape index (κ1) is 16.5. The van der Waals surface area contributed by atoms with E-state index in [1.165, 1.54) is 23.1 Å². The first-order chi connectivity index (χ1) is 10.2. The Morgan fingerprint density at radius 2 is 1.95 bits per heavy atom. The van der Waals surface area contributed by atoms with Crippen molar-refractivity contribution < 1.29 is 5.11 Å². The molecule has 0 amide bonds. The van der Waals surface area contributed by atoms with Crippen molar-refractivity contribution >= 4 is 0 Å². The summed E-state index contributed by atoms with van der Waals surface area (Å²) in [7, 11) is 0. The van der Waals surface area contributed by atoms with E-state index >= 15 is 0 Å². The van der Waals surface area contributed by atoms with Gasteiger partial charge in [-0.2, -0.15) is 0 Å². The van der Waals surface area contributed by atoms with Gasteiger partial charge >= 0.3 is 0 Å². The van der Waals surface area contributed by atoms with E-state index in [1.807, 2.05) is 0 Å². The first-order valence-corrected chi connectivity index (χ1v) is 8.71. The first-order valence-electron chi connectivity index (χ1n) is 8.71. The zero-order valence-electron chi connectivity index (χ0n) is 13.9. The molecule has 1 aliphatic rings. The average Bonchev–Trinajstić information content (AvgIpc) is 2.67. The summed E-state index contributed by atoms with van der Waals surface area (Å²) in [5.74, 6) is 0.416. The topological polar surface area (TPSA) is 23.5 Å². The molecule has 0 radical (unpaired) electrons. The predicted molar refractivity (Wildman–Crippen MR) is 89.6 cm³/mol. The molecular formula is C19H31NO. The summed E-state index contributed by atoms with van der Waals surface area (Å²) in [6.45, 7) is 9.94. The van der Waals surface area contributed by atoms with E-state index in [-0.39, 0.29) is 6.10 Å². The second-order valence-electron chi connectivity index (χ2n) is 6.30. The van der Waals surface area contributed by atoms with Crippen LogP contribution in [0.15, 0.2) is 18.2 Å². The van der Waals surface area contributed by atoms with Crippen LogP contribution in [0.5, 0.6) is 0 Å². The Morgan fingerprint density at radius 3 is 2.62 bits per heavy atom. The highest BCUT2D eigenvalue weighted by atomic mass is 16.3. The molecule has 0 bridgehead atoms. The molecule has 1 aromatic rings. The second-order valence-corrected chi connectivity index (χ2v) is 6.30. The van der Waals surface area contributed by atoms with Crippen molar-refractivity contribution in [3.8, 4) is 0 Å². The van der Waals surface area contributed by atoms with Gasteiger partial charge in [0, 0.05) is 0 Å². The molecule has 1 aromatic carbocycles. The van der Waals surface area contributed by atoms with Gasteiger partial charge in [-0.05, 0) is 74.3 Å². The van der Waals surface area contributed by atoms with E-state index in [1.54, 1.807) is 0 Å². The Hall–Kier alpha value is -0.860. The minimum Gasteiger partial charge on any atom is -0.388 e. The minimum atomic E-state index is -0.274. The Morgan fingerprint density at radius 1 is 1.19 bits per heavy atom. The third-order valence-corrected chi connectivity index (χ3v) is 5.12. The summed E-state index contributed by atoms with van der Waals surface area (Å²) in [6, 6.07) is 6.71. The molecule has 0 saturated carbocycles. The van der Waals surface area contributed by atoms with Crippen molar-refractivity contribution in [1.82, 2.24) is 4.90 Å². The van der Waals surface area contributed by atoms with Gasteiger partial charge in [0.1, 0.15) is 0 Å². The SMILES string of the molecule is CCc1ccc2c(c1)C(O)C(CCN(CC)CC)CCC2. The van der Waals surface area contributed by atoms with Gasteiger partial charge in [0.25, 0.3) is 0 Å². The third kappa shape index (κ3) is 4.08. The van der Waals surface area contributed by atoms with Gasteiger partial charge in [-0.1, -0.05) is 39.0 Å². The number of nitrogens with zero attached hydrogens (tertiary/aromatic N) is 1. The lowest BCUT2D eigenvalue weighted by molar-refractivity contribution is 0.0916. The zero-order chi connectivity index (χ0) is 15.2. The number of aliphatic hydroxyl groups is 1. The van der Waals surface area contributed by atoms with Gasteiger partial charge in [-0.25, -0.2) is 0 Å². The summed E-state index contributed by atoms with van der Waals surface area (Å²) < 4.78 is 0. The highest BCUT2D eigenvalue weighted by molar-refractivity contribution is 5.35. The molecule has 1 N–H and O–H groups in total. The minimum absolute atomic E-state index is 0.274. The van der Waals surface area contributed by atoms with E-state index in [4.69, 9.17) is 0 Å². The molecule has 0 heterocycles. The highest BCUT2D eigenvalue weighted by Crippen LogP contribution is 2.35. The maximum atomic E-state index is 10.9. The molecule has 1 aliphatic carbocycles. The monoisotopic (exact) mass is 289 g/mol. The molecule has 118 valence electrons. The van der Waals surface area contributed by atoms with Crippen LogP contribution in [0, 0.1) is 5.92 Å². The summed E-state index contributed by atoms with van der Waals surface area (Å²) >= 11 is 0. The number of aryl methyl sites for hydroxylation is 2. The Bertz CT molecular complexity index is 439. The lowest BCUT2D eigenvalue weighted by atomic mass is 9.89. The molecule has 2 atom stereocenters. The summed E-state index contributed by atoms with van der Waals surface area (Å²) in [4.78, 5) is 2.46. The lowest BCUT2D eigenvalue weighted by Gasteiger charge is -2.26. The molecule has 0 saturated heterocycles. The molecule has 2 rings (SSSR count). The Labute approximate surface area is 130 Å². The Balaban J connectivity index is 2.10. The number of hydrogen-bond acceptors (Lipinski definition) is 2. The summed E-state index contributed by atoms with van der Waals surface area (Å²) in [6.07, 6.45) is 5.36. The fourth-order valence-electron chi connectivity index (χ4n) is 3.52. The largest absolute Gasteiger partial charge is 0.388 e. The number of hydrogen-bond donors (Lipinski definition) is 1. The number of fused-ring (bicyclic) bond motifs is 1. The van der Waals surface area contributed by atoms with Crippen molar-refractivity contribution in [3.05, 3.63) is 34.9 Å². The quantitative estimate of drug-likeness (QED) is 0.801. The smallest absolute Gasteiger partial charge is 0.0821 e. The van der Waals surface area contributed by atoms with E-state index in [0.29, 0.717) is 5.92 Å². The molecular weight excluding hydrogens is 258 g/mol. The van der Waals surface area contributed by atoms with Crippen LogP contribution in [0.25, 0.3) is 0 Å². The van der Waals surface area contributed by atoms with Crippen molar-refractivity contribution in [3.63, 3.8) is 0 Å². The molecule has 2 unspecified atom stereocenters. The van der Waals surface area contributed by atoms with Gasteiger partial charge in [-0.15, -0.1) is 0 Å². The molecule has 21 heavy (non-hydrogen) atoms. The van der Waals surface area contributed by atoms with Gasteiger partial charge in [0.2, 0.25) is 0 Å². The van der Waals surface area contributed by atoms with Crippen LogP contribution in [0.1, 0.15) is 62.8 Å². The zero-order valence-corrected chi connectivity index (χ0v) is 13.9. The molecule has 0 fully saturated rings. The van der Waals surface area contributed by atoms with Crippen LogP contribution in [-0.2, 0) is 12.8 Å². The van der Waals surface area contributed by atoms with E-state index in [0.717, 1.165) is 45.3 Å². The molecule has 0 spiro atoms. The second kappa shape index (κ2) is 7.95. The molecule has 0 aromatic heterocycles.